The van der Waals surface area contributed by atoms with Crippen molar-refractivity contribution in [3.05, 3.63) is 40.7 Å². The summed E-state index contributed by atoms with van der Waals surface area (Å²) in [6, 6.07) is 3.89. The molecule has 0 atom stereocenters. The molecule has 1 fully saturated rings. The van der Waals surface area contributed by atoms with E-state index in [9.17, 15) is 17.6 Å². The number of benzene rings is 1. The van der Waals surface area contributed by atoms with E-state index in [0.29, 0.717) is 23.8 Å². The van der Waals surface area contributed by atoms with Crippen molar-refractivity contribution in [3.8, 4) is 0 Å². The number of anilines is 1. The van der Waals surface area contributed by atoms with Crippen LogP contribution in [0.15, 0.2) is 29.3 Å². The zero-order valence-corrected chi connectivity index (χ0v) is 15.0. The Bertz CT molecular complexity index is 905. The normalized spacial score (nSPS) is 16.2. The standard InChI is InChI=1S/C15H16FN3O4S2/c1-10-2-3-11(8-12(10)16)25(22,23)19-6-4-18(5-7-19)15-17-9-13(24-15)14(20)21/h2-3,8-9H,4-7H2,1H3,(H,20,21). The van der Waals surface area contributed by atoms with Crippen LogP contribution in [0.25, 0.3) is 0 Å². The number of nitrogens with zero attached hydrogens (tertiary/aromatic N) is 3. The van der Waals surface area contributed by atoms with Gasteiger partial charge in [0.25, 0.3) is 0 Å². The van der Waals surface area contributed by atoms with E-state index < -0.39 is 21.8 Å². The number of carbonyl (C=O) groups is 1. The summed E-state index contributed by atoms with van der Waals surface area (Å²) in [5.41, 5.74) is 0.391. The van der Waals surface area contributed by atoms with E-state index in [4.69, 9.17) is 5.11 Å². The van der Waals surface area contributed by atoms with E-state index in [0.717, 1.165) is 17.4 Å². The zero-order chi connectivity index (χ0) is 18.2. The molecule has 1 N–H and O–H groups in total. The Kier molecular flexibility index (Phi) is 4.76. The number of rotatable bonds is 4. The molecule has 1 saturated heterocycles. The highest BCUT2D eigenvalue weighted by Crippen LogP contribution is 2.25. The lowest BCUT2D eigenvalue weighted by Gasteiger charge is -2.33. The highest BCUT2D eigenvalue weighted by Gasteiger charge is 2.30. The van der Waals surface area contributed by atoms with Crippen LogP contribution in [0.3, 0.4) is 0 Å². The van der Waals surface area contributed by atoms with Gasteiger partial charge in [-0.25, -0.2) is 22.6 Å². The highest BCUT2D eigenvalue weighted by molar-refractivity contribution is 7.89. The fourth-order valence-electron chi connectivity index (χ4n) is 2.51. The van der Waals surface area contributed by atoms with Gasteiger partial charge in [0.05, 0.1) is 11.1 Å². The Labute approximate surface area is 148 Å². The number of carboxylic acid groups (broad SMARTS) is 1. The van der Waals surface area contributed by atoms with Gasteiger partial charge >= 0.3 is 5.97 Å². The first-order valence-corrected chi connectivity index (χ1v) is 9.75. The molecular formula is C15H16FN3O4S2. The zero-order valence-electron chi connectivity index (χ0n) is 13.3. The van der Waals surface area contributed by atoms with E-state index in [1.807, 2.05) is 4.90 Å². The molecule has 1 aromatic carbocycles. The number of carboxylic acids is 1. The van der Waals surface area contributed by atoms with Gasteiger partial charge in [0, 0.05) is 26.2 Å². The van der Waals surface area contributed by atoms with Gasteiger partial charge < -0.3 is 10.0 Å². The van der Waals surface area contributed by atoms with Gasteiger partial charge in [-0.15, -0.1) is 0 Å². The van der Waals surface area contributed by atoms with Crippen LogP contribution in [0.2, 0.25) is 0 Å². The van der Waals surface area contributed by atoms with Crippen molar-refractivity contribution in [2.75, 3.05) is 31.1 Å². The molecule has 3 rings (SSSR count). The molecule has 7 nitrogen and oxygen atoms in total. The van der Waals surface area contributed by atoms with Crippen LogP contribution >= 0.6 is 11.3 Å². The second-order valence-corrected chi connectivity index (χ2v) is 8.56. The molecule has 1 aliphatic rings. The van der Waals surface area contributed by atoms with E-state index in [1.54, 1.807) is 6.92 Å². The van der Waals surface area contributed by atoms with Crippen molar-refractivity contribution in [2.45, 2.75) is 11.8 Å². The predicted octanol–water partition coefficient (Wildman–Crippen LogP) is 1.80. The predicted molar refractivity (Wildman–Crippen MR) is 91.2 cm³/mol. The molecule has 0 bridgehead atoms. The van der Waals surface area contributed by atoms with Crippen molar-refractivity contribution in [2.24, 2.45) is 0 Å². The minimum absolute atomic E-state index is 0.0635. The molecule has 0 spiro atoms. The highest BCUT2D eigenvalue weighted by atomic mass is 32.2. The lowest BCUT2D eigenvalue weighted by molar-refractivity contribution is 0.0702. The van der Waals surface area contributed by atoms with Gasteiger partial charge in [0.15, 0.2) is 5.13 Å². The number of aromatic nitrogens is 1. The molecule has 25 heavy (non-hydrogen) atoms. The Balaban J connectivity index is 1.72. The van der Waals surface area contributed by atoms with Crippen molar-refractivity contribution in [1.29, 1.82) is 0 Å². The van der Waals surface area contributed by atoms with Crippen molar-refractivity contribution in [3.63, 3.8) is 0 Å². The summed E-state index contributed by atoms with van der Waals surface area (Å²) in [6.07, 6.45) is 1.29. The molecule has 1 aromatic heterocycles. The number of thiazole rings is 1. The summed E-state index contributed by atoms with van der Waals surface area (Å²) in [6.45, 7) is 2.80. The van der Waals surface area contributed by atoms with Crippen LogP contribution in [0, 0.1) is 12.7 Å². The fraction of sp³-hybridized carbons (Fsp3) is 0.333. The molecule has 134 valence electrons. The van der Waals surface area contributed by atoms with Gasteiger partial charge in [-0.1, -0.05) is 17.4 Å². The van der Waals surface area contributed by atoms with Gasteiger partial charge in [0.2, 0.25) is 10.0 Å². The first kappa shape index (κ1) is 17.8. The Morgan fingerprint density at radius 1 is 1.28 bits per heavy atom. The maximum atomic E-state index is 13.7. The van der Waals surface area contributed by atoms with E-state index >= 15 is 0 Å². The van der Waals surface area contributed by atoms with Crippen LogP contribution < -0.4 is 4.90 Å². The molecule has 0 unspecified atom stereocenters. The van der Waals surface area contributed by atoms with Crippen LogP contribution in [-0.4, -0.2) is 55.0 Å². The average Bonchev–Trinajstić information content (AvgIpc) is 3.08. The quantitative estimate of drug-likeness (QED) is 0.863. The first-order valence-electron chi connectivity index (χ1n) is 7.49. The first-order chi connectivity index (χ1) is 11.8. The maximum absolute atomic E-state index is 13.7. The second kappa shape index (κ2) is 6.70. The number of hydrogen-bond acceptors (Lipinski definition) is 6. The van der Waals surface area contributed by atoms with Crippen molar-refractivity contribution >= 4 is 32.5 Å². The Hall–Kier alpha value is -2.04. The van der Waals surface area contributed by atoms with Gasteiger partial charge in [-0.05, 0) is 24.6 Å². The summed E-state index contributed by atoms with van der Waals surface area (Å²) in [7, 11) is -3.76. The largest absolute Gasteiger partial charge is 0.477 e. The van der Waals surface area contributed by atoms with Crippen molar-refractivity contribution < 1.29 is 22.7 Å². The fourth-order valence-corrected chi connectivity index (χ4v) is 4.75. The average molecular weight is 385 g/mol. The van der Waals surface area contributed by atoms with Crippen LogP contribution in [0.4, 0.5) is 9.52 Å². The molecule has 0 radical (unpaired) electrons. The summed E-state index contributed by atoms with van der Waals surface area (Å²) < 4.78 is 40.3. The third-order valence-corrected chi connectivity index (χ3v) is 6.94. The van der Waals surface area contributed by atoms with Crippen LogP contribution in [-0.2, 0) is 10.0 Å². The van der Waals surface area contributed by atoms with Gasteiger partial charge in [-0.2, -0.15) is 4.31 Å². The van der Waals surface area contributed by atoms with E-state index in [2.05, 4.69) is 4.98 Å². The summed E-state index contributed by atoms with van der Waals surface area (Å²) in [4.78, 5) is 16.9. The molecule has 1 aliphatic heterocycles. The molecule has 2 heterocycles. The minimum atomic E-state index is -3.76. The summed E-state index contributed by atoms with van der Waals surface area (Å²) in [5.74, 6) is -1.59. The number of halogens is 1. The molecule has 0 saturated carbocycles. The molecular weight excluding hydrogens is 369 g/mol. The lowest BCUT2D eigenvalue weighted by atomic mass is 10.2. The smallest absolute Gasteiger partial charge is 0.347 e. The lowest BCUT2D eigenvalue weighted by Crippen LogP contribution is -2.48. The number of aromatic carboxylic acids is 1. The SMILES string of the molecule is Cc1ccc(S(=O)(=O)N2CCN(c3ncc(C(=O)O)s3)CC2)cc1F. The van der Waals surface area contributed by atoms with E-state index in [1.165, 1.54) is 22.6 Å². The number of piperazine rings is 1. The summed E-state index contributed by atoms with van der Waals surface area (Å²) in [5, 5.41) is 9.50. The van der Waals surface area contributed by atoms with Crippen LogP contribution in [0.5, 0.6) is 0 Å². The van der Waals surface area contributed by atoms with E-state index in [-0.39, 0.29) is 22.9 Å². The number of sulfonamides is 1. The van der Waals surface area contributed by atoms with Gasteiger partial charge in [0.1, 0.15) is 10.7 Å². The Morgan fingerprint density at radius 2 is 1.96 bits per heavy atom. The molecule has 0 amide bonds. The number of aryl methyl sites for hydroxylation is 1. The third-order valence-electron chi connectivity index (χ3n) is 3.99. The monoisotopic (exact) mass is 385 g/mol. The topological polar surface area (TPSA) is 90.8 Å². The van der Waals surface area contributed by atoms with Crippen molar-refractivity contribution in [1.82, 2.24) is 9.29 Å². The van der Waals surface area contributed by atoms with Crippen LogP contribution in [0.1, 0.15) is 15.2 Å². The minimum Gasteiger partial charge on any atom is -0.477 e. The van der Waals surface area contributed by atoms with Gasteiger partial charge in [-0.3, -0.25) is 0 Å². The maximum Gasteiger partial charge on any atom is 0.347 e. The molecule has 2 aromatic rings. The summed E-state index contributed by atoms with van der Waals surface area (Å²) >= 11 is 1.05. The molecule has 10 heteroatoms. The Morgan fingerprint density at radius 3 is 2.52 bits per heavy atom. The molecule has 0 aliphatic carbocycles. The number of hydrogen-bond donors (Lipinski definition) is 1. The second-order valence-electron chi connectivity index (χ2n) is 5.61. The third kappa shape index (κ3) is 3.51.